The zero-order valence-corrected chi connectivity index (χ0v) is 13.1. The Bertz CT molecular complexity index is 343. The van der Waals surface area contributed by atoms with E-state index in [4.69, 9.17) is 52.6 Å². The van der Waals surface area contributed by atoms with Gasteiger partial charge >= 0.3 is 57.0 Å². The summed E-state index contributed by atoms with van der Waals surface area (Å²) in [5, 5.41) is 0. The molecule has 0 saturated carbocycles. The molecule has 0 aromatic carbocycles. The van der Waals surface area contributed by atoms with E-state index in [0.717, 1.165) is 0 Å². The van der Waals surface area contributed by atoms with Crippen molar-refractivity contribution >= 4 is 31.2 Å². The van der Waals surface area contributed by atoms with Gasteiger partial charge in [0.1, 0.15) is 0 Å². The van der Waals surface area contributed by atoms with Crippen molar-refractivity contribution in [1.29, 1.82) is 0 Å². The van der Waals surface area contributed by atoms with Crippen LogP contribution < -0.4 is 29.6 Å². The first kappa shape index (κ1) is 30.9. The quantitative estimate of drug-likeness (QED) is 0.205. The van der Waals surface area contributed by atoms with Crippen molar-refractivity contribution in [3.05, 3.63) is 0 Å². The van der Waals surface area contributed by atoms with Gasteiger partial charge in [0.25, 0.3) is 0 Å². The summed E-state index contributed by atoms with van der Waals surface area (Å²) >= 11 is 0. The molecule has 0 aromatic rings. The van der Waals surface area contributed by atoms with Crippen LogP contribution in [-0.4, -0.2) is 52.6 Å². The average Bonchev–Trinajstić information content (AvgIpc) is 1.41. The van der Waals surface area contributed by atoms with Gasteiger partial charge in [-0.2, -0.15) is 8.42 Å². The number of rotatable bonds is 0. The fourth-order valence-electron chi connectivity index (χ4n) is 0. The second-order valence-corrected chi connectivity index (χ2v) is 3.85. The van der Waals surface area contributed by atoms with Gasteiger partial charge in [0, 0.05) is 10.4 Å². The van der Waals surface area contributed by atoms with Crippen molar-refractivity contribution in [3.8, 4) is 0 Å². The van der Waals surface area contributed by atoms with Gasteiger partial charge in [-0.1, -0.05) is 0 Å². The molecule has 0 heterocycles. The van der Waals surface area contributed by atoms with Crippen LogP contribution in [0.1, 0.15) is 0 Å². The fourth-order valence-corrected chi connectivity index (χ4v) is 0. The van der Waals surface area contributed by atoms with Crippen molar-refractivity contribution in [3.63, 3.8) is 0 Å². The van der Waals surface area contributed by atoms with Gasteiger partial charge in [-0.05, 0) is 0 Å². The van der Waals surface area contributed by atoms with E-state index in [0.29, 0.717) is 0 Å². The monoisotopic (exact) mass is 370 g/mol. The average molecular weight is 370 g/mol. The summed E-state index contributed by atoms with van der Waals surface area (Å²) < 4.78 is 98.5. The summed E-state index contributed by atoms with van der Waals surface area (Å²) in [6.45, 7) is 0. The van der Waals surface area contributed by atoms with E-state index in [1.807, 2.05) is 0 Å². The van der Waals surface area contributed by atoms with E-state index < -0.39 is 31.2 Å². The van der Waals surface area contributed by atoms with Crippen LogP contribution in [0.15, 0.2) is 0 Å². The first-order valence-electron chi connectivity index (χ1n) is 2.05. The molecule has 17 heteroatoms. The molecule has 0 spiro atoms. The number of hydrogen-bond acceptors (Lipinski definition) is 9. The van der Waals surface area contributed by atoms with Crippen molar-refractivity contribution in [1.82, 2.24) is 0 Å². The van der Waals surface area contributed by atoms with E-state index in [1.165, 1.54) is 0 Å². The predicted molar refractivity (Wildman–Crippen MR) is 37.0 cm³/mol. The summed E-state index contributed by atoms with van der Waals surface area (Å²) in [5.74, 6) is 0. The smallest absolute Gasteiger partial charge is 0.759 e. The molecule has 0 bridgehead atoms. The maximum Gasteiger partial charge on any atom is 2.00 e. The van der Waals surface area contributed by atoms with E-state index in [2.05, 4.69) is 0 Å². The van der Waals surface area contributed by atoms with Crippen molar-refractivity contribution < 1.29 is 99.2 Å². The third-order valence-corrected chi connectivity index (χ3v) is 0. The Kier molecular flexibility index (Phi) is 22.1. The van der Waals surface area contributed by atoms with Gasteiger partial charge in [-0.25, -0.2) is 8.42 Å². The first-order chi connectivity index (χ1) is 6.00. The van der Waals surface area contributed by atoms with Crippen molar-refractivity contribution in [2.45, 2.75) is 0 Å². The van der Waals surface area contributed by atoms with Crippen LogP contribution in [0.4, 0.5) is 0 Å². The molecule has 0 aliphatic heterocycles. The Hall–Kier alpha value is 1.13. The standard InChI is InChI=1S/Fe.Na.3H2O4S/c;;3*1-5(2,3)4/h;;3*(H2,1,2,3,4)/q+2;+1;;;/p-3. The molecular formula is H3FeNaO12S3. The summed E-state index contributed by atoms with van der Waals surface area (Å²) in [7, 11) is -14.7. The summed E-state index contributed by atoms with van der Waals surface area (Å²) in [6.07, 6.45) is 0. The van der Waals surface area contributed by atoms with Crippen LogP contribution >= 0.6 is 0 Å². The Morgan fingerprint density at radius 1 is 0.706 bits per heavy atom. The third kappa shape index (κ3) is 3070. The van der Waals surface area contributed by atoms with E-state index >= 15 is 0 Å². The van der Waals surface area contributed by atoms with Gasteiger partial charge in [-0.3, -0.25) is 22.1 Å². The van der Waals surface area contributed by atoms with E-state index in [9.17, 15) is 0 Å². The molecule has 0 radical (unpaired) electrons. The maximum atomic E-state index is 8.74. The molecule has 0 saturated heterocycles. The molecule has 0 aliphatic rings. The molecule has 0 rings (SSSR count). The normalized spacial score (nSPS) is 10.2. The Balaban J connectivity index is -0.0000000400. The Morgan fingerprint density at radius 2 is 0.706 bits per heavy atom. The zero-order chi connectivity index (χ0) is 13.5. The minimum atomic E-state index is -5.17. The van der Waals surface area contributed by atoms with Crippen molar-refractivity contribution in [2.75, 3.05) is 0 Å². The predicted octanol–water partition coefficient (Wildman–Crippen LogP) is -5.98. The van der Waals surface area contributed by atoms with E-state index in [1.54, 1.807) is 0 Å². The topological polar surface area (TPSA) is 232 Å². The Morgan fingerprint density at radius 3 is 0.706 bits per heavy atom. The molecule has 3 N–H and O–H groups in total. The van der Waals surface area contributed by atoms with Crippen LogP contribution in [0.5, 0.6) is 0 Å². The second kappa shape index (κ2) is 12.2. The van der Waals surface area contributed by atoms with Gasteiger partial charge in [0.05, 0.1) is 0 Å². The first-order valence-corrected chi connectivity index (χ1v) is 6.14. The van der Waals surface area contributed by atoms with Gasteiger partial charge in [0.2, 0.25) is 10.4 Å². The molecule has 102 valence electrons. The molecule has 0 atom stereocenters. The number of hydrogen-bond donors (Lipinski definition) is 3. The minimum Gasteiger partial charge on any atom is -0.759 e. The second-order valence-electron chi connectivity index (χ2n) is 1.28. The fraction of sp³-hybridized carbons (Fsp3) is 0. The van der Waals surface area contributed by atoms with Crippen molar-refractivity contribution in [2.24, 2.45) is 0 Å². The molecule has 17 heavy (non-hydrogen) atoms. The summed E-state index contributed by atoms with van der Waals surface area (Å²) in [5.41, 5.74) is 0. The molecule has 0 aliphatic carbocycles. The van der Waals surface area contributed by atoms with Crippen LogP contribution in [0.3, 0.4) is 0 Å². The Labute approximate surface area is 129 Å². The third-order valence-electron chi connectivity index (χ3n) is 0. The van der Waals surface area contributed by atoms with Crippen LogP contribution in [-0.2, 0) is 48.3 Å². The molecule has 12 nitrogen and oxygen atoms in total. The largest absolute Gasteiger partial charge is 2.00 e. The molecule has 0 fully saturated rings. The maximum absolute atomic E-state index is 8.74. The molecular weight excluding hydrogens is 367 g/mol. The summed E-state index contributed by atoms with van der Waals surface area (Å²) in [6, 6.07) is 0. The zero-order valence-electron chi connectivity index (χ0n) is 7.59. The van der Waals surface area contributed by atoms with Gasteiger partial charge in [0.15, 0.2) is 0 Å². The molecule has 0 aromatic heterocycles. The van der Waals surface area contributed by atoms with Crippen LogP contribution in [0.2, 0.25) is 0 Å². The van der Waals surface area contributed by atoms with E-state index in [-0.39, 0.29) is 46.6 Å². The molecule has 0 unspecified atom stereocenters. The van der Waals surface area contributed by atoms with Gasteiger partial charge < -0.3 is 13.7 Å². The van der Waals surface area contributed by atoms with Crippen LogP contribution in [0, 0.1) is 0 Å². The van der Waals surface area contributed by atoms with Gasteiger partial charge in [-0.15, -0.1) is 0 Å². The summed E-state index contributed by atoms with van der Waals surface area (Å²) in [4.78, 5) is 0. The molecule has 0 amide bonds. The SMILES string of the molecule is O=S(=O)(O)O.O=S(=O)([O-])O.O=S(=O)([O-])[O-].[Fe+2].[Na+]. The minimum absolute atomic E-state index is 0. The van der Waals surface area contributed by atoms with Crippen LogP contribution in [0.25, 0.3) is 0 Å².